The topological polar surface area (TPSA) is 84.2 Å². The van der Waals surface area contributed by atoms with Gasteiger partial charge in [0.1, 0.15) is 0 Å². The maximum Gasteiger partial charge on any atom is 0.231 e. The van der Waals surface area contributed by atoms with Crippen molar-refractivity contribution < 1.29 is 9.59 Å². The molecule has 2 amide bonds. The molecule has 1 fully saturated rings. The summed E-state index contributed by atoms with van der Waals surface area (Å²) in [5, 5.41) is 5.49. The van der Waals surface area contributed by atoms with Crippen molar-refractivity contribution in [3.63, 3.8) is 0 Å². The van der Waals surface area contributed by atoms with Crippen LogP contribution in [0.15, 0.2) is 24.3 Å². The van der Waals surface area contributed by atoms with Crippen LogP contribution in [0.3, 0.4) is 0 Å². The van der Waals surface area contributed by atoms with Crippen molar-refractivity contribution in [2.75, 3.05) is 18.9 Å². The molecule has 5 nitrogen and oxygen atoms in total. The molecule has 0 unspecified atom stereocenters. The maximum absolute atomic E-state index is 12.2. The molecule has 0 aromatic heterocycles. The summed E-state index contributed by atoms with van der Waals surface area (Å²) in [5.74, 6) is -0.0244. The van der Waals surface area contributed by atoms with E-state index in [1.165, 1.54) is 0 Å². The van der Waals surface area contributed by atoms with Crippen LogP contribution in [0.1, 0.15) is 24.8 Å². The summed E-state index contributed by atoms with van der Waals surface area (Å²) >= 11 is 0. The molecule has 5 heteroatoms. The van der Waals surface area contributed by atoms with Gasteiger partial charge in [-0.15, -0.1) is 0 Å². The van der Waals surface area contributed by atoms with Crippen molar-refractivity contribution in [3.05, 3.63) is 29.8 Å². The molecular formula is C15H21N3O2. The lowest BCUT2D eigenvalue weighted by atomic mass is 9.68. The Labute approximate surface area is 118 Å². The predicted molar refractivity (Wildman–Crippen MR) is 78.2 cm³/mol. The third kappa shape index (κ3) is 2.99. The Balaban J connectivity index is 1.97. The van der Waals surface area contributed by atoms with Gasteiger partial charge in [-0.1, -0.05) is 18.6 Å². The highest BCUT2D eigenvalue weighted by atomic mass is 16.2. The zero-order valence-corrected chi connectivity index (χ0v) is 11.7. The number of nitrogens with one attached hydrogen (secondary N) is 2. The van der Waals surface area contributed by atoms with Gasteiger partial charge in [0.25, 0.3) is 0 Å². The maximum atomic E-state index is 12.2. The molecule has 2 rings (SSSR count). The zero-order valence-electron chi connectivity index (χ0n) is 11.7. The summed E-state index contributed by atoms with van der Waals surface area (Å²) in [6.07, 6.45) is 3.14. The van der Waals surface area contributed by atoms with Gasteiger partial charge in [-0.25, -0.2) is 0 Å². The first-order valence-corrected chi connectivity index (χ1v) is 6.91. The van der Waals surface area contributed by atoms with Crippen LogP contribution in [-0.4, -0.2) is 25.4 Å². The van der Waals surface area contributed by atoms with Gasteiger partial charge in [-0.05, 0) is 30.5 Å². The molecule has 1 aliphatic carbocycles. The van der Waals surface area contributed by atoms with Crippen molar-refractivity contribution in [3.8, 4) is 0 Å². The number of carbonyl (C=O) groups excluding carboxylic acids is 2. The first-order valence-electron chi connectivity index (χ1n) is 6.91. The van der Waals surface area contributed by atoms with Crippen LogP contribution >= 0.6 is 0 Å². The molecule has 1 saturated carbocycles. The molecule has 108 valence electrons. The van der Waals surface area contributed by atoms with E-state index in [0.29, 0.717) is 13.0 Å². The molecule has 1 aromatic rings. The van der Waals surface area contributed by atoms with Crippen LogP contribution in [0, 0.1) is 5.41 Å². The van der Waals surface area contributed by atoms with Crippen molar-refractivity contribution >= 4 is 17.5 Å². The highest BCUT2D eigenvalue weighted by Gasteiger charge is 2.42. The Bertz CT molecular complexity index is 487. The van der Waals surface area contributed by atoms with Crippen molar-refractivity contribution in [2.24, 2.45) is 11.1 Å². The molecule has 0 bridgehead atoms. The van der Waals surface area contributed by atoms with E-state index < -0.39 is 0 Å². The Morgan fingerprint density at radius 1 is 1.25 bits per heavy atom. The highest BCUT2D eigenvalue weighted by molar-refractivity contribution is 5.96. The Hall–Kier alpha value is -1.88. The summed E-state index contributed by atoms with van der Waals surface area (Å²) < 4.78 is 0. The van der Waals surface area contributed by atoms with Crippen LogP contribution in [0.4, 0.5) is 5.69 Å². The fourth-order valence-corrected chi connectivity index (χ4v) is 2.37. The van der Waals surface area contributed by atoms with Gasteiger partial charge in [0.05, 0.1) is 11.8 Å². The second kappa shape index (κ2) is 6.05. The predicted octanol–water partition coefficient (Wildman–Crippen LogP) is 1.04. The molecular weight excluding hydrogens is 254 g/mol. The average molecular weight is 275 g/mol. The van der Waals surface area contributed by atoms with E-state index in [1.807, 2.05) is 24.3 Å². The Morgan fingerprint density at radius 3 is 2.35 bits per heavy atom. The molecule has 0 aliphatic heterocycles. The molecule has 1 aliphatic rings. The fraction of sp³-hybridized carbons (Fsp3) is 0.467. The lowest BCUT2D eigenvalue weighted by Gasteiger charge is -2.39. The molecule has 0 radical (unpaired) electrons. The van der Waals surface area contributed by atoms with Crippen LogP contribution in [-0.2, 0) is 16.0 Å². The van der Waals surface area contributed by atoms with Gasteiger partial charge < -0.3 is 16.4 Å². The minimum Gasteiger partial charge on any atom is -0.359 e. The minimum atomic E-state index is -0.374. The van der Waals surface area contributed by atoms with E-state index in [1.54, 1.807) is 7.05 Å². The fourth-order valence-electron chi connectivity index (χ4n) is 2.37. The normalized spacial score (nSPS) is 16.1. The van der Waals surface area contributed by atoms with Crippen LogP contribution in [0.5, 0.6) is 0 Å². The molecule has 0 saturated heterocycles. The zero-order chi connectivity index (χ0) is 14.6. The van der Waals surface area contributed by atoms with Crippen molar-refractivity contribution in [1.82, 2.24) is 5.32 Å². The number of carbonyl (C=O) groups is 2. The summed E-state index contributed by atoms with van der Waals surface area (Å²) in [6.45, 7) is 0.396. The molecule has 20 heavy (non-hydrogen) atoms. The van der Waals surface area contributed by atoms with Gasteiger partial charge in [0.15, 0.2) is 0 Å². The summed E-state index contributed by atoms with van der Waals surface area (Å²) in [7, 11) is 1.61. The number of anilines is 1. The third-order valence-electron chi connectivity index (χ3n) is 4.04. The molecule has 0 atom stereocenters. The van der Waals surface area contributed by atoms with Gasteiger partial charge in [-0.3, -0.25) is 9.59 Å². The van der Waals surface area contributed by atoms with Crippen LogP contribution in [0.2, 0.25) is 0 Å². The van der Waals surface area contributed by atoms with Gasteiger partial charge >= 0.3 is 0 Å². The first-order chi connectivity index (χ1) is 9.59. The largest absolute Gasteiger partial charge is 0.359 e. The second-order valence-electron chi connectivity index (χ2n) is 5.34. The molecule has 4 N–H and O–H groups in total. The number of rotatable bonds is 5. The van der Waals surface area contributed by atoms with Crippen LogP contribution in [0.25, 0.3) is 0 Å². The SMILES string of the molecule is CNC(=O)Cc1ccc(NC(=O)C2(CN)CCC2)cc1. The Morgan fingerprint density at radius 2 is 1.90 bits per heavy atom. The summed E-state index contributed by atoms with van der Waals surface area (Å²) in [5.41, 5.74) is 7.00. The van der Waals surface area contributed by atoms with E-state index in [9.17, 15) is 9.59 Å². The van der Waals surface area contributed by atoms with E-state index in [4.69, 9.17) is 5.73 Å². The second-order valence-corrected chi connectivity index (χ2v) is 5.34. The quantitative estimate of drug-likeness (QED) is 0.750. The average Bonchev–Trinajstić information content (AvgIpc) is 2.40. The molecule has 1 aromatic carbocycles. The number of hydrogen-bond acceptors (Lipinski definition) is 3. The number of benzene rings is 1. The van der Waals surface area contributed by atoms with Gasteiger partial charge in [0, 0.05) is 19.3 Å². The number of hydrogen-bond donors (Lipinski definition) is 3. The molecule has 0 heterocycles. The standard InChI is InChI=1S/C15H21N3O2/c1-17-13(19)9-11-3-5-12(6-4-11)18-14(20)15(10-16)7-2-8-15/h3-6H,2,7-10,16H2,1H3,(H,17,19)(H,18,20). The molecule has 0 spiro atoms. The van der Waals surface area contributed by atoms with E-state index in [0.717, 1.165) is 30.5 Å². The minimum absolute atomic E-state index is 0.00491. The van der Waals surface area contributed by atoms with E-state index in [-0.39, 0.29) is 17.2 Å². The van der Waals surface area contributed by atoms with Crippen molar-refractivity contribution in [1.29, 1.82) is 0 Å². The number of nitrogens with two attached hydrogens (primary N) is 1. The van der Waals surface area contributed by atoms with Gasteiger partial charge in [-0.2, -0.15) is 0 Å². The van der Waals surface area contributed by atoms with Crippen molar-refractivity contribution in [2.45, 2.75) is 25.7 Å². The van der Waals surface area contributed by atoms with Gasteiger partial charge in [0.2, 0.25) is 11.8 Å². The third-order valence-corrected chi connectivity index (χ3v) is 4.04. The van der Waals surface area contributed by atoms with E-state index >= 15 is 0 Å². The monoisotopic (exact) mass is 275 g/mol. The first kappa shape index (κ1) is 14.5. The van der Waals surface area contributed by atoms with E-state index in [2.05, 4.69) is 10.6 Å². The summed E-state index contributed by atoms with van der Waals surface area (Å²) in [6, 6.07) is 7.33. The lowest BCUT2D eigenvalue weighted by Crippen LogP contribution is -2.47. The smallest absolute Gasteiger partial charge is 0.231 e. The Kier molecular flexibility index (Phi) is 4.39. The van der Waals surface area contributed by atoms with Crippen LogP contribution < -0.4 is 16.4 Å². The summed E-state index contributed by atoms with van der Waals surface area (Å²) in [4.78, 5) is 23.5. The lowest BCUT2D eigenvalue weighted by molar-refractivity contribution is -0.129. The highest BCUT2D eigenvalue weighted by Crippen LogP contribution is 2.40. The number of amides is 2. The number of likely N-dealkylation sites (N-methyl/N-ethyl adjacent to an activating group) is 1.